The van der Waals surface area contributed by atoms with E-state index >= 15 is 0 Å². The van der Waals surface area contributed by atoms with E-state index in [-0.39, 0.29) is 0 Å². The largest absolute Gasteiger partial charge is 0.370 e. The van der Waals surface area contributed by atoms with Gasteiger partial charge in [0.25, 0.3) is 0 Å². The predicted octanol–water partition coefficient (Wildman–Crippen LogP) is 1.87. The predicted molar refractivity (Wildman–Crippen MR) is 77.0 cm³/mol. The molecule has 0 bridgehead atoms. The van der Waals surface area contributed by atoms with Gasteiger partial charge < -0.3 is 10.6 Å². The van der Waals surface area contributed by atoms with Crippen LogP contribution in [0.2, 0.25) is 0 Å². The van der Waals surface area contributed by atoms with Gasteiger partial charge >= 0.3 is 0 Å². The molecule has 0 aliphatic heterocycles. The van der Waals surface area contributed by atoms with E-state index in [1.165, 1.54) is 43.4 Å². The number of aliphatic imine (C=N–C) groups is 1. The number of aryl methyl sites for hydroxylation is 2. The van der Waals surface area contributed by atoms with Gasteiger partial charge in [0, 0.05) is 18.8 Å². The van der Waals surface area contributed by atoms with Crippen molar-refractivity contribution in [3.8, 4) is 0 Å². The van der Waals surface area contributed by atoms with Crippen molar-refractivity contribution in [2.45, 2.75) is 51.1 Å². The van der Waals surface area contributed by atoms with Gasteiger partial charge in [-0.1, -0.05) is 6.07 Å². The number of guanidine groups is 1. The molecule has 4 nitrogen and oxygen atoms in total. The molecule has 1 saturated carbocycles. The zero-order valence-electron chi connectivity index (χ0n) is 11.6. The lowest BCUT2D eigenvalue weighted by atomic mass is 9.96. The third-order valence-corrected chi connectivity index (χ3v) is 4.09. The molecule has 1 aromatic rings. The molecular formula is C15H22N4. The minimum absolute atomic E-state index is 0.593. The van der Waals surface area contributed by atoms with Crippen LogP contribution in [0.1, 0.15) is 42.6 Å². The third-order valence-electron chi connectivity index (χ3n) is 4.09. The Labute approximate surface area is 114 Å². The topological polar surface area (TPSA) is 54.5 Å². The molecule has 0 radical (unpaired) electrons. The monoisotopic (exact) mass is 258 g/mol. The highest BCUT2D eigenvalue weighted by molar-refractivity contribution is 5.78. The molecular weight excluding hydrogens is 236 g/mol. The van der Waals surface area contributed by atoms with Crippen LogP contribution in [0.3, 0.4) is 0 Å². The molecule has 4 heteroatoms. The highest BCUT2D eigenvalue weighted by atomic mass is 15.3. The van der Waals surface area contributed by atoms with Gasteiger partial charge in [0.15, 0.2) is 5.96 Å². The maximum atomic E-state index is 5.99. The number of pyridine rings is 1. The molecule has 102 valence electrons. The minimum Gasteiger partial charge on any atom is -0.370 e. The number of rotatable bonds is 3. The number of fused-ring (bicyclic) bond motifs is 1. The lowest BCUT2D eigenvalue weighted by Crippen LogP contribution is -2.35. The fourth-order valence-electron chi connectivity index (χ4n) is 2.64. The summed E-state index contributed by atoms with van der Waals surface area (Å²) in [6, 6.07) is 4.92. The average molecular weight is 258 g/mol. The summed E-state index contributed by atoms with van der Waals surface area (Å²) in [6.45, 7) is 0.593. The summed E-state index contributed by atoms with van der Waals surface area (Å²) in [7, 11) is 2.02. The lowest BCUT2D eigenvalue weighted by Gasteiger charge is -2.17. The van der Waals surface area contributed by atoms with Crippen LogP contribution in [0.25, 0.3) is 0 Å². The van der Waals surface area contributed by atoms with Gasteiger partial charge in [-0.2, -0.15) is 0 Å². The average Bonchev–Trinajstić information content (AvgIpc) is 3.28. The molecule has 2 aliphatic rings. The Morgan fingerprint density at radius 2 is 2.16 bits per heavy atom. The maximum Gasteiger partial charge on any atom is 0.191 e. The van der Waals surface area contributed by atoms with Crippen LogP contribution in [-0.4, -0.2) is 28.9 Å². The van der Waals surface area contributed by atoms with Crippen molar-refractivity contribution in [1.82, 2.24) is 9.88 Å². The minimum atomic E-state index is 0.593. The third kappa shape index (κ3) is 2.88. The standard InChI is InChI=1S/C15H22N4/c1-19(13-8-9-13)15(16)17-10-12-7-6-11-4-2-3-5-14(11)18-12/h6-7,13H,2-5,8-10H2,1H3,(H2,16,17). The molecule has 0 saturated heterocycles. The van der Waals surface area contributed by atoms with Crippen LogP contribution >= 0.6 is 0 Å². The number of nitrogens with two attached hydrogens (primary N) is 1. The van der Waals surface area contributed by atoms with Gasteiger partial charge in [0.1, 0.15) is 0 Å². The van der Waals surface area contributed by atoms with Gasteiger partial charge in [0.05, 0.1) is 12.2 Å². The second-order valence-corrected chi connectivity index (χ2v) is 5.63. The smallest absolute Gasteiger partial charge is 0.191 e. The van der Waals surface area contributed by atoms with Crippen LogP contribution in [-0.2, 0) is 19.4 Å². The zero-order chi connectivity index (χ0) is 13.2. The molecule has 1 fully saturated rings. The fourth-order valence-corrected chi connectivity index (χ4v) is 2.64. The van der Waals surface area contributed by atoms with Crippen molar-refractivity contribution in [3.05, 3.63) is 29.1 Å². The maximum absolute atomic E-state index is 5.99. The number of hydrogen-bond donors (Lipinski definition) is 1. The second-order valence-electron chi connectivity index (χ2n) is 5.63. The Bertz CT molecular complexity index is 491. The van der Waals surface area contributed by atoms with Crippen LogP contribution < -0.4 is 5.73 Å². The number of aromatic nitrogens is 1. The molecule has 0 amide bonds. The highest BCUT2D eigenvalue weighted by Crippen LogP contribution is 2.25. The molecule has 0 unspecified atom stereocenters. The van der Waals surface area contributed by atoms with Crippen LogP contribution in [0.4, 0.5) is 0 Å². The summed E-state index contributed by atoms with van der Waals surface area (Å²) in [5, 5.41) is 0. The lowest BCUT2D eigenvalue weighted by molar-refractivity contribution is 0.487. The molecule has 0 atom stereocenters. The van der Waals surface area contributed by atoms with Gasteiger partial charge in [-0.3, -0.25) is 4.98 Å². The Hall–Kier alpha value is -1.58. The van der Waals surface area contributed by atoms with E-state index in [0.717, 1.165) is 12.1 Å². The van der Waals surface area contributed by atoms with E-state index in [4.69, 9.17) is 10.7 Å². The van der Waals surface area contributed by atoms with E-state index in [2.05, 4.69) is 22.0 Å². The van der Waals surface area contributed by atoms with Crippen LogP contribution in [0, 0.1) is 0 Å². The van der Waals surface area contributed by atoms with E-state index in [1.54, 1.807) is 0 Å². The van der Waals surface area contributed by atoms with Crippen molar-refractivity contribution < 1.29 is 0 Å². The van der Waals surface area contributed by atoms with Crippen LogP contribution in [0.5, 0.6) is 0 Å². The summed E-state index contributed by atoms with van der Waals surface area (Å²) >= 11 is 0. The van der Waals surface area contributed by atoms with Crippen molar-refractivity contribution in [2.24, 2.45) is 10.7 Å². The molecule has 19 heavy (non-hydrogen) atoms. The summed E-state index contributed by atoms with van der Waals surface area (Å²) < 4.78 is 0. The Balaban J connectivity index is 1.67. The number of hydrogen-bond acceptors (Lipinski definition) is 2. The molecule has 2 aliphatic carbocycles. The quantitative estimate of drug-likeness (QED) is 0.665. The highest BCUT2D eigenvalue weighted by Gasteiger charge is 2.27. The van der Waals surface area contributed by atoms with Crippen molar-refractivity contribution in [3.63, 3.8) is 0 Å². The van der Waals surface area contributed by atoms with Gasteiger partial charge in [-0.25, -0.2) is 4.99 Å². The SMILES string of the molecule is CN(C(N)=NCc1ccc2c(n1)CCCC2)C1CC1. The summed E-state index contributed by atoms with van der Waals surface area (Å²) in [4.78, 5) is 11.3. The Kier molecular flexibility index (Phi) is 3.40. The molecule has 1 aromatic heterocycles. The van der Waals surface area contributed by atoms with E-state index in [9.17, 15) is 0 Å². The molecule has 1 heterocycles. The first-order valence-corrected chi connectivity index (χ1v) is 7.24. The zero-order valence-corrected chi connectivity index (χ0v) is 11.6. The van der Waals surface area contributed by atoms with Gasteiger partial charge in [0.2, 0.25) is 0 Å². The van der Waals surface area contributed by atoms with Gasteiger partial charge in [-0.05, 0) is 50.2 Å². The molecule has 0 spiro atoms. The van der Waals surface area contributed by atoms with Crippen molar-refractivity contribution in [1.29, 1.82) is 0 Å². The molecule has 0 aromatic carbocycles. The first-order valence-electron chi connectivity index (χ1n) is 7.24. The molecule has 3 rings (SSSR count). The van der Waals surface area contributed by atoms with Crippen LogP contribution in [0.15, 0.2) is 17.1 Å². The van der Waals surface area contributed by atoms with E-state index in [0.29, 0.717) is 18.5 Å². The van der Waals surface area contributed by atoms with E-state index in [1.807, 2.05) is 7.05 Å². The first-order chi connectivity index (χ1) is 9.24. The number of nitrogens with zero attached hydrogens (tertiary/aromatic N) is 3. The summed E-state index contributed by atoms with van der Waals surface area (Å²) in [5.74, 6) is 0.641. The summed E-state index contributed by atoms with van der Waals surface area (Å²) in [6.07, 6.45) is 7.33. The van der Waals surface area contributed by atoms with E-state index < -0.39 is 0 Å². The summed E-state index contributed by atoms with van der Waals surface area (Å²) in [5.41, 5.74) is 9.72. The van der Waals surface area contributed by atoms with Crippen molar-refractivity contribution in [2.75, 3.05) is 7.05 Å². The fraction of sp³-hybridized carbons (Fsp3) is 0.600. The Morgan fingerprint density at radius 3 is 2.95 bits per heavy atom. The first kappa shape index (κ1) is 12.5. The van der Waals surface area contributed by atoms with Gasteiger partial charge in [-0.15, -0.1) is 0 Å². The Morgan fingerprint density at radius 1 is 1.37 bits per heavy atom. The molecule has 2 N–H and O–H groups in total. The second kappa shape index (κ2) is 5.19. The normalized spacial score (nSPS) is 19.1. The van der Waals surface area contributed by atoms with Crippen molar-refractivity contribution >= 4 is 5.96 Å².